The molecular formula is C39H76O5. The van der Waals surface area contributed by atoms with E-state index in [0.717, 1.165) is 31.6 Å². The highest BCUT2D eigenvalue weighted by Gasteiger charge is 2.12. The van der Waals surface area contributed by atoms with Crippen molar-refractivity contribution >= 4 is 11.9 Å². The maximum absolute atomic E-state index is 11.9. The van der Waals surface area contributed by atoms with Gasteiger partial charge in [0.1, 0.15) is 19.3 Å². The summed E-state index contributed by atoms with van der Waals surface area (Å²) in [6.07, 6.45) is 35.8. The minimum atomic E-state index is -0.955. The number of esters is 2. The Morgan fingerprint density at radius 2 is 0.727 bits per heavy atom. The van der Waals surface area contributed by atoms with Crippen LogP contribution < -0.4 is 0 Å². The third-order valence-corrected chi connectivity index (χ3v) is 8.77. The molecule has 0 aliphatic heterocycles. The highest BCUT2D eigenvalue weighted by molar-refractivity contribution is 5.69. The van der Waals surface area contributed by atoms with E-state index in [1.165, 1.54) is 154 Å². The Morgan fingerprint density at radius 3 is 1.02 bits per heavy atom. The van der Waals surface area contributed by atoms with Gasteiger partial charge in [0, 0.05) is 12.8 Å². The van der Waals surface area contributed by atoms with E-state index < -0.39 is 6.10 Å². The second-order valence-electron chi connectivity index (χ2n) is 13.9. The Labute approximate surface area is 274 Å². The van der Waals surface area contributed by atoms with Crippen molar-refractivity contribution in [3.05, 3.63) is 0 Å². The molecule has 1 atom stereocenters. The summed E-state index contributed by atoms with van der Waals surface area (Å²) in [7, 11) is 0. The van der Waals surface area contributed by atoms with Gasteiger partial charge in [-0.2, -0.15) is 0 Å². The molecule has 0 aliphatic rings. The number of rotatable bonds is 35. The van der Waals surface area contributed by atoms with Crippen LogP contribution in [0.15, 0.2) is 0 Å². The van der Waals surface area contributed by atoms with Crippen molar-refractivity contribution in [3.8, 4) is 0 Å². The molecule has 0 aromatic carbocycles. The maximum atomic E-state index is 11.9. The number of hydrogen-bond acceptors (Lipinski definition) is 5. The van der Waals surface area contributed by atoms with E-state index in [1.54, 1.807) is 0 Å². The smallest absolute Gasteiger partial charge is 0.305 e. The Kier molecular flexibility index (Phi) is 33.9. The normalized spacial score (nSPS) is 12.1. The maximum Gasteiger partial charge on any atom is 0.305 e. The molecule has 0 fully saturated rings. The summed E-state index contributed by atoms with van der Waals surface area (Å²) in [4.78, 5) is 23.9. The first-order valence-corrected chi connectivity index (χ1v) is 19.4. The van der Waals surface area contributed by atoms with E-state index in [4.69, 9.17) is 9.47 Å². The average Bonchev–Trinajstić information content (AvgIpc) is 3.00. The van der Waals surface area contributed by atoms with Crippen LogP contribution in [-0.4, -0.2) is 36.4 Å². The van der Waals surface area contributed by atoms with Gasteiger partial charge in [-0.25, -0.2) is 0 Å². The van der Waals surface area contributed by atoms with Crippen LogP contribution in [0.4, 0.5) is 0 Å². The van der Waals surface area contributed by atoms with Gasteiger partial charge >= 0.3 is 11.9 Å². The van der Waals surface area contributed by atoms with Crippen molar-refractivity contribution in [3.63, 3.8) is 0 Å². The molecule has 0 bridgehead atoms. The van der Waals surface area contributed by atoms with Crippen LogP contribution in [0, 0.1) is 5.92 Å². The largest absolute Gasteiger partial charge is 0.463 e. The van der Waals surface area contributed by atoms with E-state index in [0.29, 0.717) is 12.8 Å². The van der Waals surface area contributed by atoms with Crippen molar-refractivity contribution in [2.45, 2.75) is 219 Å². The monoisotopic (exact) mass is 625 g/mol. The first kappa shape index (κ1) is 42.9. The van der Waals surface area contributed by atoms with Crippen LogP contribution in [0.25, 0.3) is 0 Å². The Balaban J connectivity index is 3.38. The topological polar surface area (TPSA) is 72.8 Å². The van der Waals surface area contributed by atoms with Gasteiger partial charge in [0.15, 0.2) is 0 Å². The first-order chi connectivity index (χ1) is 21.5. The number of hydrogen-bond donors (Lipinski definition) is 1. The lowest BCUT2D eigenvalue weighted by molar-refractivity contribution is -0.152. The lowest BCUT2D eigenvalue weighted by Gasteiger charge is -2.12. The molecular weight excluding hydrogens is 548 g/mol. The number of carbonyl (C=O) groups excluding carboxylic acids is 2. The molecule has 1 N–H and O–H groups in total. The van der Waals surface area contributed by atoms with Gasteiger partial charge in [0.05, 0.1) is 0 Å². The molecule has 0 unspecified atom stereocenters. The Bertz CT molecular complexity index is 605. The first-order valence-electron chi connectivity index (χ1n) is 19.4. The van der Waals surface area contributed by atoms with Crippen molar-refractivity contribution in [2.24, 2.45) is 5.92 Å². The summed E-state index contributed by atoms with van der Waals surface area (Å²) in [5.74, 6) is 0.290. The zero-order valence-corrected chi connectivity index (χ0v) is 29.9. The van der Waals surface area contributed by atoms with Crippen LogP contribution in [0.5, 0.6) is 0 Å². The fourth-order valence-corrected chi connectivity index (χ4v) is 5.80. The summed E-state index contributed by atoms with van der Waals surface area (Å²) in [5.41, 5.74) is 0. The number of ether oxygens (including phenoxy) is 2. The van der Waals surface area contributed by atoms with Crippen molar-refractivity contribution in [1.29, 1.82) is 0 Å². The Morgan fingerprint density at radius 1 is 0.455 bits per heavy atom. The highest BCUT2D eigenvalue weighted by Crippen LogP contribution is 2.16. The second kappa shape index (κ2) is 34.8. The zero-order valence-electron chi connectivity index (χ0n) is 29.9. The molecule has 0 radical (unpaired) electrons. The molecule has 5 heteroatoms. The lowest BCUT2D eigenvalue weighted by Crippen LogP contribution is -2.25. The van der Waals surface area contributed by atoms with E-state index >= 15 is 0 Å². The quantitative estimate of drug-likeness (QED) is 0.0561. The molecule has 0 aromatic rings. The molecule has 0 saturated heterocycles. The van der Waals surface area contributed by atoms with E-state index in [-0.39, 0.29) is 25.2 Å². The number of carbonyl (C=O) groups is 2. The summed E-state index contributed by atoms with van der Waals surface area (Å²) in [5, 5.41) is 10.0. The van der Waals surface area contributed by atoms with Gasteiger partial charge in [-0.05, 0) is 18.8 Å². The zero-order chi connectivity index (χ0) is 32.4. The van der Waals surface area contributed by atoms with Gasteiger partial charge < -0.3 is 14.6 Å². The van der Waals surface area contributed by atoms with Gasteiger partial charge in [0.25, 0.3) is 0 Å². The predicted molar refractivity (Wildman–Crippen MR) is 187 cm³/mol. The fourth-order valence-electron chi connectivity index (χ4n) is 5.80. The average molecular weight is 625 g/mol. The van der Waals surface area contributed by atoms with Crippen molar-refractivity contribution in [2.75, 3.05) is 13.2 Å². The van der Waals surface area contributed by atoms with Crippen molar-refractivity contribution < 1.29 is 24.2 Å². The van der Waals surface area contributed by atoms with Crippen LogP contribution >= 0.6 is 0 Å². The fraction of sp³-hybridized carbons (Fsp3) is 0.949. The molecule has 5 nitrogen and oxygen atoms in total. The van der Waals surface area contributed by atoms with Gasteiger partial charge in [-0.1, -0.05) is 188 Å². The predicted octanol–water partition coefficient (Wildman–Crippen LogP) is 11.8. The van der Waals surface area contributed by atoms with E-state index in [1.807, 2.05) is 0 Å². The van der Waals surface area contributed by atoms with Crippen LogP contribution in [0.3, 0.4) is 0 Å². The van der Waals surface area contributed by atoms with Crippen LogP contribution in [0.2, 0.25) is 0 Å². The third kappa shape index (κ3) is 35.4. The molecule has 0 spiro atoms. The summed E-state index contributed by atoms with van der Waals surface area (Å²) >= 11 is 0. The molecule has 44 heavy (non-hydrogen) atoms. The van der Waals surface area contributed by atoms with Crippen LogP contribution in [-0.2, 0) is 19.1 Å². The molecule has 0 amide bonds. The molecule has 0 aliphatic carbocycles. The van der Waals surface area contributed by atoms with Crippen LogP contribution in [0.1, 0.15) is 213 Å². The molecule has 262 valence electrons. The summed E-state index contributed by atoms with van der Waals surface area (Å²) < 4.78 is 10.3. The lowest BCUT2D eigenvalue weighted by atomic mass is 10.0. The van der Waals surface area contributed by atoms with Gasteiger partial charge in [-0.3, -0.25) is 9.59 Å². The van der Waals surface area contributed by atoms with Crippen molar-refractivity contribution in [1.82, 2.24) is 0 Å². The van der Waals surface area contributed by atoms with E-state index in [2.05, 4.69) is 20.8 Å². The SMILES string of the molecule is CCCCCCCCCCCCCCCCCC(=O)OC[C@@H](O)COC(=O)CCCCCCCCCCCCCCC(C)C. The third-order valence-electron chi connectivity index (χ3n) is 8.77. The number of unbranched alkanes of at least 4 members (excludes halogenated alkanes) is 25. The molecule has 0 aromatic heterocycles. The molecule has 0 rings (SSSR count). The number of aliphatic hydroxyl groups excluding tert-OH is 1. The molecule has 0 heterocycles. The number of aliphatic hydroxyl groups is 1. The van der Waals surface area contributed by atoms with Gasteiger partial charge in [-0.15, -0.1) is 0 Å². The Hall–Kier alpha value is -1.10. The highest BCUT2D eigenvalue weighted by atomic mass is 16.6. The summed E-state index contributed by atoms with van der Waals surface area (Å²) in [6, 6.07) is 0. The molecule has 0 saturated carbocycles. The standard InChI is InChI=1S/C39H76O5/c1-4-5-6-7-8-9-10-11-12-13-17-20-23-26-29-32-38(41)43-34-37(40)35-44-39(42)33-30-27-24-21-18-15-14-16-19-22-25-28-31-36(2)3/h36-37,40H,4-35H2,1-3H3/t37-/m1/s1. The minimum absolute atomic E-state index is 0.108. The van der Waals surface area contributed by atoms with E-state index in [9.17, 15) is 14.7 Å². The van der Waals surface area contributed by atoms with Gasteiger partial charge in [0.2, 0.25) is 0 Å². The second-order valence-corrected chi connectivity index (χ2v) is 13.9. The summed E-state index contributed by atoms with van der Waals surface area (Å²) in [6.45, 7) is 6.67. The minimum Gasteiger partial charge on any atom is -0.463 e.